The highest BCUT2D eigenvalue weighted by atomic mass is 79.9. The van der Waals surface area contributed by atoms with Crippen LogP contribution in [0.5, 0.6) is 5.75 Å². The van der Waals surface area contributed by atoms with Crippen LogP contribution in [-0.4, -0.2) is 37.7 Å². The molecule has 0 amide bonds. The van der Waals surface area contributed by atoms with E-state index in [1.54, 1.807) is 19.2 Å². The molecule has 3 rings (SSSR count). The quantitative estimate of drug-likeness (QED) is 0.706. The van der Waals surface area contributed by atoms with Crippen LogP contribution in [0.25, 0.3) is 10.9 Å². The maximum atomic E-state index is 12.6. The Kier molecular flexibility index (Phi) is 4.34. The van der Waals surface area contributed by atoms with Crippen molar-refractivity contribution in [3.63, 3.8) is 0 Å². The number of fused-ring (bicyclic) bond motifs is 1. The zero-order chi connectivity index (χ0) is 17.3. The lowest BCUT2D eigenvalue weighted by molar-refractivity contribution is -0.137. The molecule has 0 bridgehead atoms. The second-order valence-corrected chi connectivity index (χ2v) is 5.81. The number of benzene rings is 1. The molecular weight excluding hydrogens is 380 g/mol. The highest BCUT2D eigenvalue weighted by molar-refractivity contribution is 9.10. The van der Waals surface area contributed by atoms with E-state index < -0.39 is 5.97 Å². The predicted octanol–water partition coefficient (Wildman–Crippen LogP) is 1.50. The predicted molar refractivity (Wildman–Crippen MR) is 89.2 cm³/mol. The number of halogens is 1. The molecule has 24 heavy (non-hydrogen) atoms. The second kappa shape index (κ2) is 6.44. The van der Waals surface area contributed by atoms with Crippen molar-refractivity contribution in [2.45, 2.75) is 13.1 Å². The number of ether oxygens (including phenoxy) is 1. The monoisotopic (exact) mass is 392 g/mol. The number of nitrogens with zero attached hydrogens (tertiary/aromatic N) is 4. The topological polar surface area (TPSA) is 99.2 Å². The highest BCUT2D eigenvalue weighted by Crippen LogP contribution is 2.19. The van der Waals surface area contributed by atoms with Crippen molar-refractivity contribution in [3.8, 4) is 5.75 Å². The fourth-order valence-electron chi connectivity index (χ4n) is 2.34. The SMILES string of the molecule is COc1ccc(Cn2ncc3c(c(Br)nn3CC(=O)O)c2=O)cc1. The molecule has 2 heterocycles. The van der Waals surface area contributed by atoms with Crippen LogP contribution >= 0.6 is 15.9 Å². The zero-order valence-corrected chi connectivity index (χ0v) is 14.2. The Morgan fingerprint density at radius 1 is 1.29 bits per heavy atom. The van der Waals surface area contributed by atoms with Crippen LogP contribution < -0.4 is 10.3 Å². The molecule has 1 N–H and O–H groups in total. The van der Waals surface area contributed by atoms with Gasteiger partial charge in [0.1, 0.15) is 22.3 Å². The Morgan fingerprint density at radius 2 is 2.00 bits per heavy atom. The molecule has 0 aliphatic heterocycles. The van der Waals surface area contributed by atoms with Gasteiger partial charge in [0.25, 0.3) is 5.56 Å². The molecule has 0 saturated carbocycles. The number of aliphatic carboxylic acids is 1. The number of carboxylic acids is 1. The molecule has 0 aliphatic rings. The van der Waals surface area contributed by atoms with Gasteiger partial charge in [-0.05, 0) is 33.6 Å². The smallest absolute Gasteiger partial charge is 0.325 e. The van der Waals surface area contributed by atoms with E-state index in [2.05, 4.69) is 26.1 Å². The van der Waals surface area contributed by atoms with Gasteiger partial charge in [0.05, 0.1) is 25.4 Å². The number of carbonyl (C=O) groups is 1. The molecule has 0 unspecified atom stereocenters. The lowest BCUT2D eigenvalue weighted by Crippen LogP contribution is -2.23. The molecule has 2 aromatic heterocycles. The molecule has 8 nitrogen and oxygen atoms in total. The average Bonchev–Trinajstić information content (AvgIpc) is 2.86. The Labute approximate surface area is 144 Å². The van der Waals surface area contributed by atoms with Gasteiger partial charge in [-0.2, -0.15) is 10.2 Å². The van der Waals surface area contributed by atoms with E-state index in [1.807, 2.05) is 12.1 Å². The maximum absolute atomic E-state index is 12.6. The summed E-state index contributed by atoms with van der Waals surface area (Å²) in [5.41, 5.74) is 0.922. The summed E-state index contributed by atoms with van der Waals surface area (Å²) in [6.07, 6.45) is 1.45. The summed E-state index contributed by atoms with van der Waals surface area (Å²) in [6.45, 7) is -0.0545. The van der Waals surface area contributed by atoms with Crippen molar-refractivity contribution in [3.05, 3.63) is 51.0 Å². The molecule has 0 radical (unpaired) electrons. The van der Waals surface area contributed by atoms with Gasteiger partial charge in [-0.1, -0.05) is 12.1 Å². The van der Waals surface area contributed by atoms with E-state index in [1.165, 1.54) is 15.6 Å². The van der Waals surface area contributed by atoms with Gasteiger partial charge in [0.2, 0.25) is 0 Å². The van der Waals surface area contributed by atoms with Crippen LogP contribution in [-0.2, 0) is 17.9 Å². The summed E-state index contributed by atoms with van der Waals surface area (Å²) in [4.78, 5) is 23.5. The van der Waals surface area contributed by atoms with Gasteiger partial charge >= 0.3 is 5.97 Å². The van der Waals surface area contributed by atoms with Crippen LogP contribution in [0.4, 0.5) is 0 Å². The molecular formula is C15H13BrN4O4. The first kappa shape index (κ1) is 16.2. The maximum Gasteiger partial charge on any atom is 0.325 e. The van der Waals surface area contributed by atoms with Crippen LogP contribution in [0, 0.1) is 0 Å². The van der Waals surface area contributed by atoms with Crippen molar-refractivity contribution in [2.75, 3.05) is 7.11 Å². The summed E-state index contributed by atoms with van der Waals surface area (Å²) in [6, 6.07) is 7.31. The third-order valence-corrected chi connectivity index (χ3v) is 4.05. The van der Waals surface area contributed by atoms with E-state index in [0.717, 1.165) is 11.3 Å². The van der Waals surface area contributed by atoms with Gasteiger partial charge in [-0.15, -0.1) is 0 Å². The molecule has 0 aliphatic carbocycles. The Balaban J connectivity index is 2.00. The molecule has 9 heteroatoms. The molecule has 0 spiro atoms. The largest absolute Gasteiger partial charge is 0.497 e. The number of hydrogen-bond donors (Lipinski definition) is 1. The van der Waals surface area contributed by atoms with E-state index in [0.29, 0.717) is 15.5 Å². The van der Waals surface area contributed by atoms with Crippen molar-refractivity contribution in [1.82, 2.24) is 19.6 Å². The Bertz CT molecular complexity index is 962. The fraction of sp³-hybridized carbons (Fsp3) is 0.200. The number of hydrogen-bond acceptors (Lipinski definition) is 5. The normalized spacial score (nSPS) is 10.9. The standard InChI is InChI=1S/C15H13BrN4O4/c1-24-10-4-2-9(3-5-10)7-20-15(23)13-11(6-17-20)19(8-12(21)22)18-14(13)16/h2-6H,7-8H2,1H3,(H,21,22). The van der Waals surface area contributed by atoms with Gasteiger partial charge in [-0.25, -0.2) is 4.68 Å². The lowest BCUT2D eigenvalue weighted by atomic mass is 10.2. The minimum Gasteiger partial charge on any atom is -0.497 e. The third kappa shape index (κ3) is 3.02. The molecule has 124 valence electrons. The number of aromatic nitrogens is 4. The second-order valence-electron chi connectivity index (χ2n) is 5.06. The van der Waals surface area contributed by atoms with Crippen molar-refractivity contribution >= 4 is 32.8 Å². The molecule has 0 saturated heterocycles. The minimum atomic E-state index is -1.05. The van der Waals surface area contributed by atoms with E-state index in [9.17, 15) is 9.59 Å². The first-order chi connectivity index (χ1) is 11.5. The third-order valence-electron chi connectivity index (χ3n) is 3.49. The zero-order valence-electron chi connectivity index (χ0n) is 12.6. The van der Waals surface area contributed by atoms with Gasteiger partial charge in [0, 0.05) is 0 Å². The van der Waals surface area contributed by atoms with E-state index in [-0.39, 0.29) is 18.6 Å². The van der Waals surface area contributed by atoms with E-state index >= 15 is 0 Å². The van der Waals surface area contributed by atoms with Crippen molar-refractivity contribution in [1.29, 1.82) is 0 Å². The molecule has 0 atom stereocenters. The average molecular weight is 393 g/mol. The van der Waals surface area contributed by atoms with Gasteiger partial charge < -0.3 is 9.84 Å². The Hall–Kier alpha value is -2.68. The lowest BCUT2D eigenvalue weighted by Gasteiger charge is -2.06. The van der Waals surface area contributed by atoms with Crippen LogP contribution in [0.2, 0.25) is 0 Å². The first-order valence-electron chi connectivity index (χ1n) is 6.96. The van der Waals surface area contributed by atoms with Crippen molar-refractivity contribution in [2.24, 2.45) is 0 Å². The summed E-state index contributed by atoms with van der Waals surface area (Å²) in [5, 5.41) is 17.4. The first-order valence-corrected chi connectivity index (χ1v) is 7.75. The van der Waals surface area contributed by atoms with Crippen LogP contribution in [0.15, 0.2) is 39.9 Å². The van der Waals surface area contributed by atoms with E-state index in [4.69, 9.17) is 9.84 Å². The number of methoxy groups -OCH3 is 1. The van der Waals surface area contributed by atoms with Crippen LogP contribution in [0.3, 0.4) is 0 Å². The minimum absolute atomic E-state index is 0.287. The summed E-state index contributed by atoms with van der Waals surface area (Å²) in [7, 11) is 1.58. The summed E-state index contributed by atoms with van der Waals surface area (Å²) in [5.74, 6) is -0.318. The Morgan fingerprint density at radius 3 is 2.62 bits per heavy atom. The molecule has 0 fully saturated rings. The van der Waals surface area contributed by atoms with Crippen LogP contribution in [0.1, 0.15) is 5.56 Å². The summed E-state index contributed by atoms with van der Waals surface area (Å²) >= 11 is 3.21. The number of rotatable bonds is 5. The fourth-order valence-corrected chi connectivity index (χ4v) is 2.91. The van der Waals surface area contributed by atoms with Gasteiger partial charge in [0.15, 0.2) is 0 Å². The highest BCUT2D eigenvalue weighted by Gasteiger charge is 2.16. The number of carboxylic acid groups (broad SMARTS) is 1. The van der Waals surface area contributed by atoms with Gasteiger partial charge in [-0.3, -0.25) is 14.3 Å². The summed E-state index contributed by atoms with van der Waals surface area (Å²) < 4.78 is 7.94. The molecule has 3 aromatic rings. The van der Waals surface area contributed by atoms with Crippen molar-refractivity contribution < 1.29 is 14.6 Å². The molecule has 1 aromatic carbocycles.